The van der Waals surface area contributed by atoms with Crippen LogP contribution >= 0.6 is 11.8 Å². The number of nitrogens with one attached hydrogen (secondary N) is 1. The zero-order valence-corrected chi connectivity index (χ0v) is 14.6. The van der Waals surface area contributed by atoms with Crippen molar-refractivity contribution in [1.29, 1.82) is 0 Å². The molecule has 1 aliphatic rings. The first-order valence-electron chi connectivity index (χ1n) is 8.28. The van der Waals surface area contributed by atoms with Crippen LogP contribution in [-0.2, 0) is 0 Å². The summed E-state index contributed by atoms with van der Waals surface area (Å²) in [7, 11) is 0. The van der Waals surface area contributed by atoms with Crippen LogP contribution in [0.4, 0.5) is 0 Å². The van der Waals surface area contributed by atoms with E-state index in [1.54, 1.807) is 0 Å². The van der Waals surface area contributed by atoms with Gasteiger partial charge in [-0.2, -0.15) is 0 Å². The first-order chi connectivity index (χ1) is 10.1. The molecule has 3 unspecified atom stereocenters. The summed E-state index contributed by atoms with van der Waals surface area (Å²) in [6, 6.07) is 0.606. The fourth-order valence-electron chi connectivity index (χ4n) is 3.04. The van der Waals surface area contributed by atoms with Gasteiger partial charge in [-0.25, -0.2) is 9.97 Å². The van der Waals surface area contributed by atoms with E-state index in [0.29, 0.717) is 11.3 Å². The highest BCUT2D eigenvalue weighted by molar-refractivity contribution is 7.99. The molecule has 1 heterocycles. The molecule has 1 N–H and O–H groups in total. The minimum Gasteiger partial charge on any atom is -0.313 e. The first kappa shape index (κ1) is 16.8. The summed E-state index contributed by atoms with van der Waals surface area (Å²) < 4.78 is 0. The van der Waals surface area contributed by atoms with Gasteiger partial charge in [-0.1, -0.05) is 32.5 Å². The van der Waals surface area contributed by atoms with Crippen molar-refractivity contribution in [2.45, 2.75) is 69.8 Å². The monoisotopic (exact) mass is 307 g/mol. The zero-order valence-electron chi connectivity index (χ0n) is 13.8. The Morgan fingerprint density at radius 3 is 2.62 bits per heavy atom. The van der Waals surface area contributed by atoms with Crippen molar-refractivity contribution in [2.24, 2.45) is 11.8 Å². The Kier molecular flexibility index (Phi) is 6.49. The lowest BCUT2D eigenvalue weighted by Crippen LogP contribution is -2.43. The maximum absolute atomic E-state index is 4.48. The van der Waals surface area contributed by atoms with Gasteiger partial charge in [0, 0.05) is 23.7 Å². The molecule has 1 aliphatic carbocycles. The first-order valence-corrected chi connectivity index (χ1v) is 9.16. The molecule has 0 aromatic carbocycles. The highest BCUT2D eigenvalue weighted by Gasteiger charge is 2.32. The molecule has 0 aliphatic heterocycles. The third-order valence-corrected chi connectivity index (χ3v) is 5.69. The molecule has 0 saturated heterocycles. The van der Waals surface area contributed by atoms with Crippen LogP contribution < -0.4 is 5.32 Å². The number of nitrogens with zero attached hydrogens (tertiary/aromatic N) is 2. The van der Waals surface area contributed by atoms with Crippen LogP contribution in [0.25, 0.3) is 0 Å². The lowest BCUT2D eigenvalue weighted by molar-refractivity contribution is 0.246. The minimum atomic E-state index is 0.598. The molecule has 1 saturated carbocycles. The van der Waals surface area contributed by atoms with Crippen molar-refractivity contribution in [3.8, 4) is 0 Å². The predicted molar refractivity (Wildman–Crippen MR) is 90.7 cm³/mol. The van der Waals surface area contributed by atoms with E-state index in [0.717, 1.165) is 29.1 Å². The SMILES string of the molecule is CCCNC1CCC(C(C)C)CC1Sc1ncc(C)cn1. The van der Waals surface area contributed by atoms with E-state index in [1.807, 2.05) is 31.1 Å². The van der Waals surface area contributed by atoms with E-state index in [-0.39, 0.29) is 0 Å². The van der Waals surface area contributed by atoms with Gasteiger partial charge in [-0.05, 0) is 56.6 Å². The molecule has 21 heavy (non-hydrogen) atoms. The largest absolute Gasteiger partial charge is 0.313 e. The van der Waals surface area contributed by atoms with Crippen LogP contribution in [0, 0.1) is 18.8 Å². The maximum Gasteiger partial charge on any atom is 0.187 e. The zero-order chi connectivity index (χ0) is 15.2. The van der Waals surface area contributed by atoms with Crippen molar-refractivity contribution in [3.05, 3.63) is 18.0 Å². The van der Waals surface area contributed by atoms with E-state index in [9.17, 15) is 0 Å². The van der Waals surface area contributed by atoms with Crippen molar-refractivity contribution in [3.63, 3.8) is 0 Å². The van der Waals surface area contributed by atoms with E-state index >= 15 is 0 Å². The van der Waals surface area contributed by atoms with Crippen molar-refractivity contribution < 1.29 is 0 Å². The van der Waals surface area contributed by atoms with Gasteiger partial charge in [0.1, 0.15) is 0 Å². The van der Waals surface area contributed by atoms with E-state index in [1.165, 1.54) is 25.7 Å². The molecule has 118 valence electrons. The average Bonchev–Trinajstić information content (AvgIpc) is 2.48. The van der Waals surface area contributed by atoms with Crippen molar-refractivity contribution in [2.75, 3.05) is 6.54 Å². The summed E-state index contributed by atoms with van der Waals surface area (Å²) in [6.07, 6.45) is 8.96. The summed E-state index contributed by atoms with van der Waals surface area (Å²) in [5.74, 6) is 1.62. The number of hydrogen-bond acceptors (Lipinski definition) is 4. The third-order valence-electron chi connectivity index (χ3n) is 4.45. The number of hydrogen-bond donors (Lipinski definition) is 1. The van der Waals surface area contributed by atoms with Crippen LogP contribution in [0.3, 0.4) is 0 Å². The molecule has 1 aromatic rings. The second-order valence-corrected chi connectivity index (χ2v) is 7.78. The summed E-state index contributed by atoms with van der Waals surface area (Å²) in [5.41, 5.74) is 1.13. The molecule has 0 amide bonds. The van der Waals surface area contributed by atoms with Gasteiger partial charge < -0.3 is 5.32 Å². The number of thioether (sulfide) groups is 1. The highest BCUT2D eigenvalue weighted by atomic mass is 32.2. The van der Waals surface area contributed by atoms with Crippen LogP contribution in [0.5, 0.6) is 0 Å². The van der Waals surface area contributed by atoms with Crippen molar-refractivity contribution >= 4 is 11.8 Å². The van der Waals surface area contributed by atoms with Gasteiger partial charge in [-0.15, -0.1) is 0 Å². The van der Waals surface area contributed by atoms with E-state index < -0.39 is 0 Å². The quantitative estimate of drug-likeness (QED) is 0.804. The minimum absolute atomic E-state index is 0.598. The van der Waals surface area contributed by atoms with Gasteiger partial charge >= 0.3 is 0 Å². The van der Waals surface area contributed by atoms with Gasteiger partial charge in [0.05, 0.1) is 0 Å². The molecule has 3 atom stereocenters. The van der Waals surface area contributed by atoms with E-state index in [2.05, 4.69) is 36.1 Å². The lowest BCUT2D eigenvalue weighted by atomic mass is 9.79. The molecule has 3 nitrogen and oxygen atoms in total. The molecule has 1 fully saturated rings. The number of aryl methyl sites for hydroxylation is 1. The van der Waals surface area contributed by atoms with Crippen LogP contribution in [-0.4, -0.2) is 27.8 Å². The molecular formula is C17H29N3S. The van der Waals surface area contributed by atoms with Crippen LogP contribution in [0.1, 0.15) is 52.0 Å². The van der Waals surface area contributed by atoms with Gasteiger partial charge in [0.2, 0.25) is 0 Å². The van der Waals surface area contributed by atoms with Crippen LogP contribution in [0.2, 0.25) is 0 Å². The van der Waals surface area contributed by atoms with Gasteiger partial charge in [-0.3, -0.25) is 0 Å². The third kappa shape index (κ3) is 4.96. The molecule has 0 bridgehead atoms. The smallest absolute Gasteiger partial charge is 0.187 e. The molecule has 0 spiro atoms. The van der Waals surface area contributed by atoms with E-state index in [4.69, 9.17) is 0 Å². The fraction of sp³-hybridized carbons (Fsp3) is 0.765. The van der Waals surface area contributed by atoms with Crippen molar-refractivity contribution in [1.82, 2.24) is 15.3 Å². The topological polar surface area (TPSA) is 37.8 Å². The molecule has 2 rings (SSSR count). The van der Waals surface area contributed by atoms with Gasteiger partial charge in [0.25, 0.3) is 0 Å². The fourth-order valence-corrected chi connectivity index (χ4v) is 4.27. The predicted octanol–water partition coefficient (Wildman–Crippen LogP) is 4.07. The Morgan fingerprint density at radius 1 is 1.29 bits per heavy atom. The summed E-state index contributed by atoms with van der Waals surface area (Å²) in [4.78, 5) is 8.96. The normalized spacial score (nSPS) is 26.2. The molecule has 4 heteroatoms. The number of rotatable bonds is 6. The highest BCUT2D eigenvalue weighted by Crippen LogP contribution is 2.38. The Labute approximate surface area is 133 Å². The summed E-state index contributed by atoms with van der Waals surface area (Å²) in [6.45, 7) is 10.1. The Morgan fingerprint density at radius 2 is 2.00 bits per heavy atom. The molecular weight excluding hydrogens is 278 g/mol. The second kappa shape index (κ2) is 8.14. The second-order valence-electron chi connectivity index (χ2n) is 6.58. The maximum atomic E-state index is 4.48. The average molecular weight is 308 g/mol. The Bertz CT molecular complexity index is 419. The Hall–Kier alpha value is -0.610. The van der Waals surface area contributed by atoms with Gasteiger partial charge in [0.15, 0.2) is 5.16 Å². The number of aromatic nitrogens is 2. The lowest BCUT2D eigenvalue weighted by Gasteiger charge is -2.37. The standard InChI is InChI=1S/C17H29N3S/c1-5-8-18-15-7-6-14(12(2)3)9-16(15)21-17-19-10-13(4)11-20-17/h10-12,14-16,18H,5-9H2,1-4H3. The molecule has 0 radical (unpaired) electrons. The summed E-state index contributed by atoms with van der Waals surface area (Å²) >= 11 is 1.87. The van der Waals surface area contributed by atoms with Crippen LogP contribution in [0.15, 0.2) is 17.6 Å². The Balaban J connectivity index is 2.03. The molecule has 1 aromatic heterocycles. The summed E-state index contributed by atoms with van der Waals surface area (Å²) in [5, 5.41) is 5.26.